The lowest BCUT2D eigenvalue weighted by Crippen LogP contribution is -2.73. The Hall–Kier alpha value is -3.77. The molecule has 3 atom stereocenters. The van der Waals surface area contributed by atoms with Gasteiger partial charge >= 0.3 is 12.2 Å². The number of hydrogen-bond acceptors (Lipinski definition) is 6. The molecule has 0 radical (unpaired) electrons. The van der Waals surface area contributed by atoms with Crippen LogP contribution in [0.2, 0.25) is 0 Å². The van der Waals surface area contributed by atoms with Crippen molar-refractivity contribution in [1.82, 2.24) is 10.2 Å². The predicted molar refractivity (Wildman–Crippen MR) is 119 cm³/mol. The third-order valence-corrected chi connectivity index (χ3v) is 6.67. The number of amides is 2. The first-order valence-electron chi connectivity index (χ1n) is 10.3. The van der Waals surface area contributed by atoms with E-state index in [4.69, 9.17) is 0 Å². The molecule has 35 heavy (non-hydrogen) atoms. The molecule has 1 aromatic heterocycles. The highest BCUT2D eigenvalue weighted by Gasteiger charge is 2.70. The number of ketones is 1. The van der Waals surface area contributed by atoms with Gasteiger partial charge in [0.2, 0.25) is 0 Å². The number of halogens is 3. The molecule has 2 N–H and O–H groups in total. The average Bonchev–Trinajstić information content (AvgIpc) is 3.36. The van der Waals surface area contributed by atoms with E-state index in [1.54, 1.807) is 18.2 Å². The lowest BCUT2D eigenvalue weighted by molar-refractivity contribution is -0.385. The van der Waals surface area contributed by atoms with Crippen molar-refractivity contribution in [3.8, 4) is 0 Å². The maximum absolute atomic E-state index is 14.7. The van der Waals surface area contributed by atoms with Crippen LogP contribution in [0.1, 0.15) is 26.8 Å². The van der Waals surface area contributed by atoms with Gasteiger partial charge in [0.15, 0.2) is 5.78 Å². The van der Waals surface area contributed by atoms with Crippen molar-refractivity contribution in [3.05, 3.63) is 98.2 Å². The summed E-state index contributed by atoms with van der Waals surface area (Å²) in [5, 5.41) is 26.5. The summed E-state index contributed by atoms with van der Waals surface area (Å²) in [6.07, 6.45) is -5.45. The van der Waals surface area contributed by atoms with Crippen molar-refractivity contribution in [2.24, 2.45) is 5.92 Å². The molecule has 1 aliphatic heterocycles. The van der Waals surface area contributed by atoms with Crippen molar-refractivity contribution in [1.29, 1.82) is 0 Å². The van der Waals surface area contributed by atoms with Crippen LogP contribution in [0.4, 0.5) is 23.7 Å². The number of hydrogen-bond donors (Lipinski definition) is 2. The van der Waals surface area contributed by atoms with E-state index in [2.05, 4.69) is 5.32 Å². The van der Waals surface area contributed by atoms with Gasteiger partial charge in [0, 0.05) is 12.1 Å². The Balaban J connectivity index is 1.90. The number of benzene rings is 2. The Bertz CT molecular complexity index is 1250. The Kier molecular flexibility index (Phi) is 6.34. The highest BCUT2D eigenvalue weighted by molar-refractivity contribution is 7.12. The molecule has 0 bridgehead atoms. The minimum atomic E-state index is -5.45. The summed E-state index contributed by atoms with van der Waals surface area (Å²) in [7, 11) is 0. The fourth-order valence-electron chi connectivity index (χ4n) is 4.15. The molecule has 12 heteroatoms. The van der Waals surface area contributed by atoms with Gasteiger partial charge in [-0.1, -0.05) is 48.5 Å². The van der Waals surface area contributed by atoms with Crippen LogP contribution in [-0.4, -0.2) is 38.6 Å². The van der Waals surface area contributed by atoms with Crippen molar-refractivity contribution in [2.45, 2.75) is 24.5 Å². The molecule has 2 amide bonds. The summed E-state index contributed by atoms with van der Waals surface area (Å²) in [6, 6.07) is 12.1. The quantitative estimate of drug-likeness (QED) is 0.287. The van der Waals surface area contributed by atoms with Crippen molar-refractivity contribution in [3.63, 3.8) is 0 Å². The number of thiophene rings is 1. The van der Waals surface area contributed by atoms with E-state index in [1.165, 1.54) is 41.8 Å². The van der Waals surface area contributed by atoms with Crippen LogP contribution in [0.15, 0.2) is 72.1 Å². The van der Waals surface area contributed by atoms with Gasteiger partial charge in [-0.2, -0.15) is 13.2 Å². The normalized spacial score (nSPS) is 22.5. The topological polar surface area (TPSA) is 113 Å². The molecule has 1 fully saturated rings. The van der Waals surface area contributed by atoms with Gasteiger partial charge < -0.3 is 10.4 Å². The summed E-state index contributed by atoms with van der Waals surface area (Å²) in [5.74, 6) is -3.32. The minimum absolute atomic E-state index is 0.0658. The molecule has 0 spiro atoms. The Morgan fingerprint density at radius 2 is 1.86 bits per heavy atom. The van der Waals surface area contributed by atoms with E-state index in [9.17, 15) is 38.0 Å². The Labute approximate surface area is 200 Å². The maximum Gasteiger partial charge on any atom is 0.437 e. The van der Waals surface area contributed by atoms with E-state index in [0.717, 1.165) is 23.5 Å². The smallest absolute Gasteiger partial charge is 0.363 e. The van der Waals surface area contributed by atoms with Crippen LogP contribution in [0.3, 0.4) is 0 Å². The molecule has 2 heterocycles. The number of non-ortho nitro benzene ring substituents is 1. The molecule has 2 aromatic carbocycles. The van der Waals surface area contributed by atoms with Gasteiger partial charge in [-0.05, 0) is 22.6 Å². The van der Waals surface area contributed by atoms with Crippen molar-refractivity contribution < 1.29 is 32.8 Å². The van der Waals surface area contributed by atoms with E-state index in [1.807, 2.05) is 0 Å². The number of rotatable bonds is 6. The lowest BCUT2D eigenvalue weighted by atomic mass is 9.77. The van der Waals surface area contributed by atoms with Gasteiger partial charge in [-0.15, -0.1) is 11.3 Å². The molecule has 0 aliphatic carbocycles. The van der Waals surface area contributed by atoms with Crippen LogP contribution < -0.4 is 5.32 Å². The zero-order valence-corrected chi connectivity index (χ0v) is 18.6. The van der Waals surface area contributed by atoms with E-state index in [-0.39, 0.29) is 15.3 Å². The summed E-state index contributed by atoms with van der Waals surface area (Å²) < 4.78 is 44.0. The number of carbonyl (C=O) groups excluding carboxylic acids is 2. The van der Waals surface area contributed by atoms with Gasteiger partial charge in [0.1, 0.15) is 5.92 Å². The number of urea groups is 1. The highest BCUT2D eigenvalue weighted by atomic mass is 32.1. The molecule has 182 valence electrons. The number of alkyl halides is 3. The highest BCUT2D eigenvalue weighted by Crippen LogP contribution is 2.49. The molecule has 4 rings (SSSR count). The zero-order valence-electron chi connectivity index (χ0n) is 17.8. The number of aliphatic hydroxyl groups is 1. The Morgan fingerprint density at radius 3 is 2.46 bits per heavy atom. The van der Waals surface area contributed by atoms with Gasteiger partial charge in [-0.25, -0.2) is 4.79 Å². The van der Waals surface area contributed by atoms with Crippen LogP contribution >= 0.6 is 11.3 Å². The van der Waals surface area contributed by atoms with E-state index < -0.39 is 52.8 Å². The second kappa shape index (κ2) is 9.12. The third-order valence-electron chi connectivity index (χ3n) is 5.79. The molecule has 8 nitrogen and oxygen atoms in total. The van der Waals surface area contributed by atoms with Crippen LogP contribution in [-0.2, 0) is 6.54 Å². The van der Waals surface area contributed by atoms with Gasteiger partial charge in [-0.3, -0.25) is 19.8 Å². The lowest BCUT2D eigenvalue weighted by Gasteiger charge is -2.51. The second-order valence-electron chi connectivity index (χ2n) is 7.89. The maximum atomic E-state index is 14.7. The first-order valence-corrected chi connectivity index (χ1v) is 11.1. The largest absolute Gasteiger partial charge is 0.437 e. The van der Waals surface area contributed by atoms with Crippen molar-refractivity contribution in [2.75, 3.05) is 0 Å². The number of Topliss-reactive ketones (excluding diaryl/α,β-unsaturated/α-hetero) is 1. The molecule has 3 aromatic rings. The number of nitrogens with zero attached hydrogens (tertiary/aromatic N) is 2. The number of nitro groups is 1. The average molecular weight is 505 g/mol. The molecule has 0 unspecified atom stereocenters. The summed E-state index contributed by atoms with van der Waals surface area (Å²) in [6.45, 7) is -0.640. The monoisotopic (exact) mass is 505 g/mol. The summed E-state index contributed by atoms with van der Waals surface area (Å²) in [4.78, 5) is 37.1. The molecule has 0 saturated carbocycles. The molecule has 1 saturated heterocycles. The fraction of sp³-hybridized carbons (Fsp3) is 0.217. The second-order valence-corrected chi connectivity index (χ2v) is 8.84. The van der Waals surface area contributed by atoms with Crippen molar-refractivity contribution >= 4 is 28.8 Å². The van der Waals surface area contributed by atoms with E-state index in [0.29, 0.717) is 5.56 Å². The third kappa shape index (κ3) is 4.37. The molecular formula is C23H18F3N3O5S. The number of nitrogens with one attached hydrogen (secondary N) is 1. The number of carbonyl (C=O) groups is 2. The van der Waals surface area contributed by atoms with Crippen LogP contribution in [0.5, 0.6) is 0 Å². The SMILES string of the molecule is O=C(c1cccs1)[C@@H]1[C@@H](c2cccc([N+](=O)[O-])c2)NC(=O)N(Cc2ccccc2)[C@@]1(O)C(F)(F)F. The van der Waals surface area contributed by atoms with Gasteiger partial charge in [0.05, 0.1) is 22.4 Å². The first kappa shape index (κ1) is 24.4. The van der Waals surface area contributed by atoms with Gasteiger partial charge in [0.25, 0.3) is 11.4 Å². The standard InChI is InChI=1S/C23H18F3N3O5S/c24-23(25,26)22(32)18(20(30)17-10-5-11-35-17)19(15-8-4-9-16(12-15)29(33)34)27-21(31)28(22)13-14-6-2-1-3-7-14/h1-12,18-19,32H,13H2,(H,27,31)/t18-,19+,22-/m0/s1. The molecule has 1 aliphatic rings. The van der Waals surface area contributed by atoms with Crippen LogP contribution in [0.25, 0.3) is 0 Å². The minimum Gasteiger partial charge on any atom is -0.363 e. The van der Waals surface area contributed by atoms with E-state index >= 15 is 0 Å². The predicted octanol–water partition coefficient (Wildman–Crippen LogP) is 4.67. The first-order chi connectivity index (χ1) is 16.5. The Morgan fingerprint density at radius 1 is 1.14 bits per heavy atom. The zero-order chi connectivity index (χ0) is 25.4. The molecular weight excluding hydrogens is 487 g/mol. The van der Waals surface area contributed by atoms with Crippen LogP contribution in [0, 0.1) is 16.0 Å². The fourth-order valence-corrected chi connectivity index (χ4v) is 4.85. The summed E-state index contributed by atoms with van der Waals surface area (Å²) >= 11 is 0.880. The summed E-state index contributed by atoms with van der Waals surface area (Å²) in [5.41, 5.74) is -4.19. The number of nitro benzene ring substituents is 1.